The van der Waals surface area contributed by atoms with Crippen LogP contribution in [0.5, 0.6) is 0 Å². The van der Waals surface area contributed by atoms with Gasteiger partial charge in [-0.05, 0) is 32.6 Å². The van der Waals surface area contributed by atoms with Crippen molar-refractivity contribution in [1.29, 1.82) is 0 Å². The van der Waals surface area contributed by atoms with Gasteiger partial charge in [-0.15, -0.1) is 12.4 Å². The zero-order valence-electron chi connectivity index (χ0n) is 9.27. The maximum Gasteiger partial charge on any atom is 0.322 e. The molecule has 0 aromatic heterocycles. The molecule has 1 rings (SSSR count). The van der Waals surface area contributed by atoms with E-state index >= 15 is 0 Å². The Morgan fingerprint density at radius 3 is 2.53 bits per heavy atom. The van der Waals surface area contributed by atoms with E-state index in [9.17, 15) is 4.79 Å². The summed E-state index contributed by atoms with van der Waals surface area (Å²) in [7, 11) is 0. The van der Waals surface area contributed by atoms with E-state index in [0.29, 0.717) is 6.61 Å². The molecule has 1 fully saturated rings. The second-order valence-electron chi connectivity index (χ2n) is 4.02. The summed E-state index contributed by atoms with van der Waals surface area (Å²) in [6, 6.07) is -0.555. The van der Waals surface area contributed by atoms with Crippen molar-refractivity contribution in [1.82, 2.24) is 0 Å². The van der Waals surface area contributed by atoms with Gasteiger partial charge in [0.1, 0.15) is 12.1 Å². The number of halogens is 1. The molecule has 4 nitrogen and oxygen atoms in total. The van der Waals surface area contributed by atoms with Gasteiger partial charge in [0, 0.05) is 6.61 Å². The zero-order chi connectivity index (χ0) is 10.6. The van der Waals surface area contributed by atoms with Crippen molar-refractivity contribution >= 4 is 18.4 Å². The molecule has 0 heterocycles. The van der Waals surface area contributed by atoms with Crippen molar-refractivity contribution in [2.45, 2.75) is 38.8 Å². The molecule has 0 amide bonds. The standard InChI is InChI=1S/C10H19NO3.ClH/c1-7(14-10(12)8(2)11)5-13-6-9-3-4-9;/h7-9H,3-6,11H2,1-2H3;1H/t7-,8-;/m0./s1. The first-order valence-electron chi connectivity index (χ1n) is 5.13. The van der Waals surface area contributed by atoms with Crippen LogP contribution in [0.4, 0.5) is 0 Å². The van der Waals surface area contributed by atoms with E-state index < -0.39 is 6.04 Å². The van der Waals surface area contributed by atoms with Crippen molar-refractivity contribution in [2.24, 2.45) is 11.7 Å². The van der Waals surface area contributed by atoms with E-state index in [-0.39, 0.29) is 24.5 Å². The van der Waals surface area contributed by atoms with Gasteiger partial charge in [0.15, 0.2) is 0 Å². The van der Waals surface area contributed by atoms with Gasteiger partial charge in [0.2, 0.25) is 0 Å². The molecule has 15 heavy (non-hydrogen) atoms. The van der Waals surface area contributed by atoms with E-state index in [1.54, 1.807) is 6.92 Å². The van der Waals surface area contributed by atoms with Crippen molar-refractivity contribution in [2.75, 3.05) is 13.2 Å². The van der Waals surface area contributed by atoms with Crippen LogP contribution in [0.3, 0.4) is 0 Å². The lowest BCUT2D eigenvalue weighted by atomic mass is 10.3. The monoisotopic (exact) mass is 237 g/mol. The molecule has 0 spiro atoms. The van der Waals surface area contributed by atoms with Gasteiger partial charge in [-0.3, -0.25) is 4.79 Å². The Morgan fingerprint density at radius 2 is 2.07 bits per heavy atom. The van der Waals surface area contributed by atoms with Crippen molar-refractivity contribution in [3.63, 3.8) is 0 Å². The van der Waals surface area contributed by atoms with Gasteiger partial charge in [-0.1, -0.05) is 0 Å². The van der Waals surface area contributed by atoms with Crippen LogP contribution in [0.15, 0.2) is 0 Å². The first-order valence-corrected chi connectivity index (χ1v) is 5.13. The molecule has 2 atom stereocenters. The Bertz CT molecular complexity index is 195. The van der Waals surface area contributed by atoms with Crippen LogP contribution < -0.4 is 5.73 Å². The highest BCUT2D eigenvalue weighted by molar-refractivity contribution is 5.85. The quantitative estimate of drug-likeness (QED) is 0.704. The second kappa shape index (κ2) is 7.04. The summed E-state index contributed by atoms with van der Waals surface area (Å²) < 4.78 is 10.4. The van der Waals surface area contributed by atoms with Crippen LogP contribution in [0.2, 0.25) is 0 Å². The van der Waals surface area contributed by atoms with E-state index in [4.69, 9.17) is 15.2 Å². The highest BCUT2D eigenvalue weighted by Crippen LogP contribution is 2.28. The number of carbonyl (C=O) groups is 1. The fourth-order valence-electron chi connectivity index (χ4n) is 1.02. The third kappa shape index (κ3) is 6.71. The number of hydrogen-bond acceptors (Lipinski definition) is 4. The first kappa shape index (κ1) is 14.7. The molecule has 2 N–H and O–H groups in total. The van der Waals surface area contributed by atoms with Crippen LogP contribution in [0, 0.1) is 5.92 Å². The fourth-order valence-corrected chi connectivity index (χ4v) is 1.02. The minimum Gasteiger partial charge on any atom is -0.459 e. The number of esters is 1. The Kier molecular flexibility index (Phi) is 6.89. The Labute approximate surface area is 96.9 Å². The van der Waals surface area contributed by atoms with E-state index in [1.807, 2.05) is 6.92 Å². The van der Waals surface area contributed by atoms with Gasteiger partial charge in [0.25, 0.3) is 0 Å². The molecule has 0 unspecified atom stereocenters. The molecule has 5 heteroatoms. The molecule has 0 radical (unpaired) electrons. The molecule has 1 aliphatic rings. The number of carbonyl (C=O) groups excluding carboxylic acids is 1. The van der Waals surface area contributed by atoms with Gasteiger partial charge in [-0.25, -0.2) is 0 Å². The minimum atomic E-state index is -0.555. The molecule has 0 aliphatic heterocycles. The molecular weight excluding hydrogens is 218 g/mol. The topological polar surface area (TPSA) is 61.6 Å². The molecule has 90 valence electrons. The highest BCUT2D eigenvalue weighted by Gasteiger charge is 2.22. The summed E-state index contributed by atoms with van der Waals surface area (Å²) in [6.07, 6.45) is 2.34. The molecule has 0 aromatic rings. The average molecular weight is 238 g/mol. The summed E-state index contributed by atoms with van der Waals surface area (Å²) in [5.41, 5.74) is 5.36. The predicted molar refractivity (Wildman–Crippen MR) is 60.0 cm³/mol. The van der Waals surface area contributed by atoms with E-state index in [0.717, 1.165) is 12.5 Å². The second-order valence-corrected chi connectivity index (χ2v) is 4.02. The molecule has 1 saturated carbocycles. The summed E-state index contributed by atoms with van der Waals surface area (Å²) in [4.78, 5) is 11.1. The summed E-state index contributed by atoms with van der Waals surface area (Å²) in [5.74, 6) is 0.374. The third-order valence-corrected chi connectivity index (χ3v) is 2.09. The normalized spacial score (nSPS) is 18.9. The van der Waals surface area contributed by atoms with E-state index in [2.05, 4.69) is 0 Å². The lowest BCUT2D eigenvalue weighted by Gasteiger charge is -2.14. The zero-order valence-corrected chi connectivity index (χ0v) is 10.1. The van der Waals surface area contributed by atoms with Gasteiger partial charge < -0.3 is 15.2 Å². The minimum absolute atomic E-state index is 0. The Hall–Kier alpha value is -0.320. The van der Waals surface area contributed by atoms with Crippen molar-refractivity contribution in [3.8, 4) is 0 Å². The van der Waals surface area contributed by atoms with Crippen LogP contribution in [-0.4, -0.2) is 31.3 Å². The average Bonchev–Trinajstić information content (AvgIpc) is 2.87. The molecular formula is C10H20ClNO3. The maximum absolute atomic E-state index is 11.1. The number of hydrogen-bond donors (Lipinski definition) is 1. The molecule has 0 bridgehead atoms. The number of rotatable bonds is 6. The van der Waals surface area contributed by atoms with Crippen LogP contribution in [-0.2, 0) is 14.3 Å². The lowest BCUT2D eigenvalue weighted by Crippen LogP contribution is -2.32. The number of nitrogens with two attached hydrogens (primary N) is 1. The van der Waals surface area contributed by atoms with E-state index in [1.165, 1.54) is 12.8 Å². The van der Waals surface area contributed by atoms with Crippen LogP contribution in [0.1, 0.15) is 26.7 Å². The highest BCUT2D eigenvalue weighted by atomic mass is 35.5. The lowest BCUT2D eigenvalue weighted by molar-refractivity contribution is -0.152. The Morgan fingerprint density at radius 1 is 1.47 bits per heavy atom. The van der Waals surface area contributed by atoms with Crippen LogP contribution >= 0.6 is 12.4 Å². The Balaban J connectivity index is 0.00000196. The molecule has 0 aromatic carbocycles. The maximum atomic E-state index is 11.1. The largest absolute Gasteiger partial charge is 0.459 e. The van der Waals surface area contributed by atoms with Gasteiger partial charge in [-0.2, -0.15) is 0 Å². The van der Waals surface area contributed by atoms with Crippen LogP contribution in [0.25, 0.3) is 0 Å². The predicted octanol–water partition coefficient (Wildman–Crippen LogP) is 1.11. The summed E-state index contributed by atoms with van der Waals surface area (Å²) in [5, 5.41) is 0. The van der Waals surface area contributed by atoms with Gasteiger partial charge in [0.05, 0.1) is 6.61 Å². The van der Waals surface area contributed by atoms with Gasteiger partial charge >= 0.3 is 5.97 Å². The summed E-state index contributed by atoms with van der Waals surface area (Å²) >= 11 is 0. The van der Waals surface area contributed by atoms with Crippen molar-refractivity contribution < 1.29 is 14.3 Å². The molecule has 1 aliphatic carbocycles. The molecule has 0 saturated heterocycles. The first-order chi connectivity index (χ1) is 6.59. The summed E-state index contributed by atoms with van der Waals surface area (Å²) in [6.45, 7) is 4.68. The third-order valence-electron chi connectivity index (χ3n) is 2.09. The smallest absolute Gasteiger partial charge is 0.322 e. The SMILES string of the molecule is C[C@H](N)C(=O)O[C@@H](C)COCC1CC1.Cl. The number of ether oxygens (including phenoxy) is 2. The van der Waals surface area contributed by atoms with Crippen molar-refractivity contribution in [3.05, 3.63) is 0 Å². The fraction of sp³-hybridized carbons (Fsp3) is 0.900.